The number of hydrogen-bond acceptors (Lipinski definition) is 4. The zero-order valence-corrected chi connectivity index (χ0v) is 10.7. The number of carboxylic acid groups (broad SMARTS) is 1. The van der Waals surface area contributed by atoms with Crippen molar-refractivity contribution in [3.8, 4) is 5.75 Å². The number of benzene rings is 1. The Hall–Kier alpha value is -2.70. The van der Waals surface area contributed by atoms with E-state index in [-0.39, 0.29) is 12.4 Å². The largest absolute Gasteiger partial charge is 0.483 e. The van der Waals surface area contributed by atoms with Gasteiger partial charge < -0.3 is 9.84 Å². The second-order valence-electron chi connectivity index (χ2n) is 3.95. The van der Waals surface area contributed by atoms with Crippen LogP contribution in [0.15, 0.2) is 30.6 Å². The van der Waals surface area contributed by atoms with Gasteiger partial charge >= 0.3 is 5.97 Å². The Kier molecular flexibility index (Phi) is 4.09. The van der Waals surface area contributed by atoms with Gasteiger partial charge in [-0.1, -0.05) is 6.07 Å². The molecule has 0 amide bonds. The molecule has 1 aromatic carbocycles. The van der Waals surface area contributed by atoms with Crippen LogP contribution in [-0.2, 0) is 18.4 Å². The van der Waals surface area contributed by atoms with Gasteiger partial charge in [-0.25, -0.2) is 14.2 Å². The first kappa shape index (κ1) is 13.7. The van der Waals surface area contributed by atoms with Crippen molar-refractivity contribution in [3.05, 3.63) is 47.8 Å². The van der Waals surface area contributed by atoms with Crippen LogP contribution in [0, 0.1) is 5.82 Å². The molecule has 7 heteroatoms. The lowest BCUT2D eigenvalue weighted by atomic mass is 10.2. The lowest BCUT2D eigenvalue weighted by Crippen LogP contribution is -2.05. The summed E-state index contributed by atoms with van der Waals surface area (Å²) in [4.78, 5) is 14.3. The predicted molar refractivity (Wildman–Crippen MR) is 68.4 cm³/mol. The van der Waals surface area contributed by atoms with E-state index in [9.17, 15) is 9.18 Å². The lowest BCUT2D eigenvalue weighted by molar-refractivity contribution is -0.131. The quantitative estimate of drug-likeness (QED) is 0.840. The van der Waals surface area contributed by atoms with Crippen molar-refractivity contribution in [1.29, 1.82) is 0 Å². The van der Waals surface area contributed by atoms with Gasteiger partial charge in [-0.05, 0) is 23.8 Å². The monoisotopic (exact) mass is 277 g/mol. The first-order valence-corrected chi connectivity index (χ1v) is 5.72. The molecule has 0 atom stereocenters. The maximum atomic E-state index is 13.8. The van der Waals surface area contributed by atoms with Gasteiger partial charge in [0.25, 0.3) is 0 Å². The lowest BCUT2D eigenvalue weighted by Gasteiger charge is -2.07. The van der Waals surface area contributed by atoms with Crippen molar-refractivity contribution in [2.24, 2.45) is 7.05 Å². The number of aliphatic carboxylic acids is 1. The standard InChI is InChI=1S/C13H12FN3O3/c1-17-12(15-8-16-17)7-20-11-4-2-9(6-10(11)14)3-5-13(18)19/h2-6,8H,7H2,1H3,(H,18,19)/b5-3+. The van der Waals surface area contributed by atoms with Gasteiger partial charge in [-0.2, -0.15) is 5.10 Å². The van der Waals surface area contributed by atoms with Gasteiger partial charge in [0.2, 0.25) is 0 Å². The Morgan fingerprint density at radius 2 is 2.35 bits per heavy atom. The topological polar surface area (TPSA) is 77.2 Å². The molecule has 104 valence electrons. The van der Waals surface area contributed by atoms with E-state index in [2.05, 4.69) is 10.1 Å². The summed E-state index contributed by atoms with van der Waals surface area (Å²) in [5.74, 6) is -1.02. The summed E-state index contributed by atoms with van der Waals surface area (Å²) in [6.07, 6.45) is 3.63. The maximum absolute atomic E-state index is 13.8. The molecule has 0 bridgehead atoms. The first-order chi connectivity index (χ1) is 9.56. The van der Waals surface area contributed by atoms with Gasteiger partial charge in [0.1, 0.15) is 12.9 Å². The van der Waals surface area contributed by atoms with Crippen molar-refractivity contribution < 1.29 is 19.0 Å². The molecule has 1 N–H and O–H groups in total. The van der Waals surface area contributed by atoms with E-state index in [0.717, 1.165) is 6.08 Å². The van der Waals surface area contributed by atoms with E-state index in [1.54, 1.807) is 13.1 Å². The van der Waals surface area contributed by atoms with E-state index in [0.29, 0.717) is 11.4 Å². The fourth-order valence-electron chi connectivity index (χ4n) is 1.50. The van der Waals surface area contributed by atoms with Gasteiger partial charge in [0.05, 0.1) is 0 Å². The van der Waals surface area contributed by atoms with Crippen molar-refractivity contribution in [2.45, 2.75) is 6.61 Å². The molecule has 0 fully saturated rings. The van der Waals surface area contributed by atoms with Crippen molar-refractivity contribution in [1.82, 2.24) is 14.8 Å². The minimum atomic E-state index is -1.09. The number of halogens is 1. The van der Waals surface area contributed by atoms with E-state index < -0.39 is 11.8 Å². The van der Waals surface area contributed by atoms with Crippen LogP contribution in [0.4, 0.5) is 4.39 Å². The summed E-state index contributed by atoms with van der Waals surface area (Å²) < 4.78 is 20.6. The summed E-state index contributed by atoms with van der Waals surface area (Å²) in [7, 11) is 1.71. The molecular formula is C13H12FN3O3. The van der Waals surface area contributed by atoms with Crippen molar-refractivity contribution in [3.63, 3.8) is 0 Å². The molecule has 1 aromatic heterocycles. The van der Waals surface area contributed by atoms with Gasteiger partial charge in [-0.3, -0.25) is 4.68 Å². The average Bonchev–Trinajstić information content (AvgIpc) is 2.81. The fraction of sp³-hybridized carbons (Fsp3) is 0.154. The Morgan fingerprint density at radius 3 is 2.95 bits per heavy atom. The number of rotatable bonds is 5. The molecule has 0 aliphatic heterocycles. The third-order valence-corrected chi connectivity index (χ3v) is 2.54. The molecule has 0 unspecified atom stereocenters. The maximum Gasteiger partial charge on any atom is 0.328 e. The number of carbonyl (C=O) groups is 1. The molecule has 6 nitrogen and oxygen atoms in total. The molecular weight excluding hydrogens is 265 g/mol. The summed E-state index contributed by atoms with van der Waals surface area (Å²) in [6, 6.07) is 4.20. The van der Waals surface area contributed by atoms with Crippen molar-refractivity contribution in [2.75, 3.05) is 0 Å². The molecule has 2 aromatic rings. The molecule has 0 spiro atoms. The number of carboxylic acids is 1. The molecule has 0 aliphatic carbocycles. The van der Waals surface area contributed by atoms with Crippen LogP contribution < -0.4 is 4.74 Å². The molecule has 0 saturated carbocycles. The van der Waals surface area contributed by atoms with Gasteiger partial charge in [-0.15, -0.1) is 0 Å². The molecule has 0 aliphatic rings. The van der Waals surface area contributed by atoms with E-state index in [1.165, 1.54) is 29.2 Å². The van der Waals surface area contributed by atoms with Gasteiger partial charge in [0, 0.05) is 13.1 Å². The second-order valence-corrected chi connectivity index (χ2v) is 3.95. The third kappa shape index (κ3) is 3.41. The van der Waals surface area contributed by atoms with Crippen LogP contribution in [0.2, 0.25) is 0 Å². The molecule has 2 rings (SSSR count). The summed E-state index contributed by atoms with van der Waals surface area (Å²) >= 11 is 0. The highest BCUT2D eigenvalue weighted by Gasteiger charge is 2.06. The zero-order valence-electron chi connectivity index (χ0n) is 10.7. The van der Waals surface area contributed by atoms with Crippen LogP contribution in [0.5, 0.6) is 5.75 Å². The van der Waals surface area contributed by atoms with Crippen LogP contribution >= 0.6 is 0 Å². The fourth-order valence-corrected chi connectivity index (χ4v) is 1.50. The Balaban J connectivity index is 2.06. The van der Waals surface area contributed by atoms with Crippen LogP contribution in [0.25, 0.3) is 6.08 Å². The zero-order chi connectivity index (χ0) is 14.5. The SMILES string of the molecule is Cn1ncnc1COc1ccc(/C=C/C(=O)O)cc1F. The van der Waals surface area contributed by atoms with Crippen LogP contribution in [0.1, 0.15) is 11.4 Å². The predicted octanol–water partition coefficient (Wildman–Crippen LogP) is 1.63. The number of hydrogen-bond donors (Lipinski definition) is 1. The highest BCUT2D eigenvalue weighted by atomic mass is 19.1. The van der Waals surface area contributed by atoms with Crippen LogP contribution in [-0.4, -0.2) is 25.8 Å². The number of nitrogens with zero attached hydrogens (tertiary/aromatic N) is 3. The number of aromatic nitrogens is 3. The van der Waals surface area contributed by atoms with Crippen molar-refractivity contribution >= 4 is 12.0 Å². The van der Waals surface area contributed by atoms with E-state index in [1.807, 2.05) is 0 Å². The first-order valence-electron chi connectivity index (χ1n) is 5.72. The normalized spacial score (nSPS) is 10.9. The van der Waals surface area contributed by atoms with Gasteiger partial charge in [0.15, 0.2) is 17.4 Å². The number of aryl methyl sites for hydroxylation is 1. The van der Waals surface area contributed by atoms with E-state index >= 15 is 0 Å². The Labute approximate surface area is 114 Å². The summed E-state index contributed by atoms with van der Waals surface area (Å²) in [5, 5.41) is 12.4. The molecule has 0 saturated heterocycles. The minimum absolute atomic E-state index is 0.0699. The molecule has 1 heterocycles. The average molecular weight is 277 g/mol. The third-order valence-electron chi connectivity index (χ3n) is 2.54. The highest BCUT2D eigenvalue weighted by Crippen LogP contribution is 2.20. The summed E-state index contributed by atoms with van der Waals surface area (Å²) in [5.41, 5.74) is 0.441. The summed E-state index contributed by atoms with van der Waals surface area (Å²) in [6.45, 7) is 0.0950. The molecule has 0 radical (unpaired) electrons. The Morgan fingerprint density at radius 1 is 1.55 bits per heavy atom. The smallest absolute Gasteiger partial charge is 0.328 e. The molecule has 20 heavy (non-hydrogen) atoms. The van der Waals surface area contributed by atoms with Crippen LogP contribution in [0.3, 0.4) is 0 Å². The highest BCUT2D eigenvalue weighted by molar-refractivity contribution is 5.85. The minimum Gasteiger partial charge on any atom is -0.483 e. The van der Waals surface area contributed by atoms with E-state index in [4.69, 9.17) is 9.84 Å². The second kappa shape index (κ2) is 5.96. The Bertz CT molecular complexity index is 652. The number of ether oxygens (including phenoxy) is 1.